The highest BCUT2D eigenvalue weighted by atomic mass is 32.2. The molecular weight excluding hydrogens is 453 g/mol. The maximum atomic E-state index is 13.4. The summed E-state index contributed by atoms with van der Waals surface area (Å²) in [4.78, 5) is 16.3. The molecule has 0 unspecified atom stereocenters. The smallest absolute Gasteiger partial charge is 0.267 e. The summed E-state index contributed by atoms with van der Waals surface area (Å²) in [6, 6.07) is 16.7. The number of benzene rings is 2. The van der Waals surface area contributed by atoms with E-state index in [4.69, 9.17) is 0 Å². The number of halogens is 1. The number of hydrogen-bond acceptors (Lipinski definition) is 4. The topological polar surface area (TPSA) is 81.1 Å². The zero-order valence-corrected chi connectivity index (χ0v) is 19.6. The second-order valence-corrected chi connectivity index (χ2v) is 9.66. The number of carbonyl (C=O) groups excluding carboxylic acids is 1. The first-order valence-corrected chi connectivity index (χ1v) is 12.2. The van der Waals surface area contributed by atoms with Crippen molar-refractivity contribution >= 4 is 15.9 Å². The highest BCUT2D eigenvalue weighted by Gasteiger charge is 2.23. The van der Waals surface area contributed by atoms with E-state index in [1.54, 1.807) is 13.1 Å². The molecule has 8 heteroatoms. The molecular formula is C26H24FN3O3S. The van der Waals surface area contributed by atoms with Crippen LogP contribution in [-0.4, -0.2) is 23.3 Å². The fourth-order valence-corrected chi connectivity index (χ4v) is 5.33. The van der Waals surface area contributed by atoms with Crippen molar-refractivity contribution in [2.45, 2.75) is 31.7 Å². The van der Waals surface area contributed by atoms with Crippen molar-refractivity contribution in [3.63, 3.8) is 0 Å². The van der Waals surface area contributed by atoms with Crippen LogP contribution in [0, 0.1) is 12.7 Å². The predicted molar refractivity (Wildman–Crippen MR) is 128 cm³/mol. The van der Waals surface area contributed by atoms with Gasteiger partial charge in [0.05, 0.1) is 11.1 Å². The minimum Gasteiger partial charge on any atom is -0.348 e. The maximum Gasteiger partial charge on any atom is 0.267 e. The van der Waals surface area contributed by atoms with Crippen molar-refractivity contribution in [1.82, 2.24) is 14.3 Å². The number of nitrogens with zero attached hydrogens (tertiary/aromatic N) is 2. The number of rotatable bonds is 7. The fourth-order valence-electron chi connectivity index (χ4n) is 3.91. The fraction of sp³-hybridized carbons (Fsp3) is 0.154. The van der Waals surface area contributed by atoms with Crippen molar-refractivity contribution in [3.05, 3.63) is 107 Å². The molecule has 1 amide bonds. The summed E-state index contributed by atoms with van der Waals surface area (Å²) >= 11 is 0. The molecule has 0 aliphatic heterocycles. The predicted octanol–water partition coefficient (Wildman–Crippen LogP) is 4.73. The lowest BCUT2D eigenvalue weighted by Gasteiger charge is -2.10. The van der Waals surface area contributed by atoms with Crippen LogP contribution in [0.3, 0.4) is 0 Å². The molecule has 2 aromatic carbocycles. The van der Waals surface area contributed by atoms with E-state index in [1.807, 2.05) is 37.3 Å². The first kappa shape index (κ1) is 23.4. The Hall–Kier alpha value is -3.78. The normalized spacial score (nSPS) is 11.4. The lowest BCUT2D eigenvalue weighted by atomic mass is 10.0. The Balaban J connectivity index is 1.58. The van der Waals surface area contributed by atoms with Crippen LogP contribution in [0.1, 0.15) is 34.1 Å². The third-order valence-corrected chi connectivity index (χ3v) is 7.43. The van der Waals surface area contributed by atoms with Crippen LogP contribution >= 0.6 is 0 Å². The molecule has 2 aromatic heterocycles. The van der Waals surface area contributed by atoms with Gasteiger partial charge in [0.15, 0.2) is 0 Å². The van der Waals surface area contributed by atoms with Crippen LogP contribution in [0.25, 0.3) is 11.1 Å². The van der Waals surface area contributed by atoms with E-state index >= 15 is 0 Å². The summed E-state index contributed by atoms with van der Waals surface area (Å²) < 4.78 is 41.4. The molecule has 0 atom stereocenters. The van der Waals surface area contributed by atoms with Gasteiger partial charge in [0, 0.05) is 35.8 Å². The average Bonchev–Trinajstić information content (AvgIpc) is 3.20. The number of aromatic nitrogens is 2. The van der Waals surface area contributed by atoms with Gasteiger partial charge in [-0.2, -0.15) is 0 Å². The molecule has 0 spiro atoms. The lowest BCUT2D eigenvalue weighted by molar-refractivity contribution is 0.0950. The summed E-state index contributed by atoms with van der Waals surface area (Å²) in [7, 11) is -3.86. The van der Waals surface area contributed by atoms with Crippen molar-refractivity contribution in [1.29, 1.82) is 0 Å². The van der Waals surface area contributed by atoms with Gasteiger partial charge in [-0.1, -0.05) is 37.3 Å². The van der Waals surface area contributed by atoms with Crippen LogP contribution in [-0.2, 0) is 23.0 Å². The molecule has 4 rings (SSSR count). The third kappa shape index (κ3) is 4.63. The quantitative estimate of drug-likeness (QED) is 0.417. The van der Waals surface area contributed by atoms with Gasteiger partial charge in [-0.25, -0.2) is 16.8 Å². The molecule has 0 aliphatic rings. The Kier molecular flexibility index (Phi) is 6.61. The molecule has 0 saturated heterocycles. The van der Waals surface area contributed by atoms with Crippen molar-refractivity contribution in [3.8, 4) is 11.1 Å². The summed E-state index contributed by atoms with van der Waals surface area (Å²) in [5, 5.41) is 2.68. The average molecular weight is 478 g/mol. The molecule has 1 N–H and O–H groups in total. The molecule has 174 valence electrons. The summed E-state index contributed by atoms with van der Waals surface area (Å²) in [6.07, 6.45) is 4.90. The zero-order chi connectivity index (χ0) is 24.3. The Morgan fingerprint density at radius 3 is 2.41 bits per heavy atom. The van der Waals surface area contributed by atoms with Gasteiger partial charge in [-0.15, -0.1) is 0 Å². The van der Waals surface area contributed by atoms with Crippen molar-refractivity contribution in [2.24, 2.45) is 0 Å². The Morgan fingerprint density at radius 2 is 1.76 bits per heavy atom. The van der Waals surface area contributed by atoms with Crippen molar-refractivity contribution < 1.29 is 17.6 Å². The molecule has 34 heavy (non-hydrogen) atoms. The Labute approximate surface area is 198 Å². The van der Waals surface area contributed by atoms with E-state index in [9.17, 15) is 17.6 Å². The zero-order valence-electron chi connectivity index (χ0n) is 18.8. The molecule has 0 bridgehead atoms. The third-order valence-electron chi connectivity index (χ3n) is 5.67. The van der Waals surface area contributed by atoms with E-state index < -0.39 is 21.7 Å². The molecule has 0 saturated carbocycles. The number of pyridine rings is 1. The van der Waals surface area contributed by atoms with Gasteiger partial charge in [0.25, 0.3) is 15.9 Å². The number of hydrogen-bond donors (Lipinski definition) is 1. The van der Waals surface area contributed by atoms with Crippen LogP contribution in [0.2, 0.25) is 0 Å². The molecule has 4 aromatic rings. The first-order chi connectivity index (χ1) is 16.3. The monoisotopic (exact) mass is 477 g/mol. The SMILES string of the molecule is CCc1c(-c2ccccc2)cn(S(=O)(=O)c2ccc(C(=O)NCc3cncc(F)c3)cc2)c1C. The van der Waals surface area contributed by atoms with Crippen LogP contribution in [0.5, 0.6) is 0 Å². The standard InChI is InChI=1S/C26H24FN3O3S/c1-3-24-18(2)30(17-25(24)20-7-5-4-6-8-20)34(32,33)23-11-9-21(10-12-23)26(31)29-15-19-13-22(27)16-28-14-19/h4-14,16-17H,3,15H2,1-2H3,(H,29,31). The number of nitrogens with one attached hydrogen (secondary N) is 1. The summed E-state index contributed by atoms with van der Waals surface area (Å²) in [5.74, 6) is -0.881. The Bertz CT molecular complexity index is 1430. The van der Waals surface area contributed by atoms with Gasteiger partial charge in [0.1, 0.15) is 5.82 Å². The van der Waals surface area contributed by atoms with Gasteiger partial charge in [-0.3, -0.25) is 9.78 Å². The molecule has 6 nitrogen and oxygen atoms in total. The van der Waals surface area contributed by atoms with Gasteiger partial charge < -0.3 is 5.32 Å². The molecule has 2 heterocycles. The van der Waals surface area contributed by atoms with Crippen LogP contribution < -0.4 is 5.32 Å². The molecule has 0 fully saturated rings. The van der Waals surface area contributed by atoms with Crippen LogP contribution in [0.4, 0.5) is 4.39 Å². The van der Waals surface area contributed by atoms with Gasteiger partial charge in [-0.05, 0) is 60.4 Å². The summed E-state index contributed by atoms with van der Waals surface area (Å²) in [6.45, 7) is 3.90. The minimum absolute atomic E-state index is 0.0822. The maximum absolute atomic E-state index is 13.4. The van der Waals surface area contributed by atoms with Crippen molar-refractivity contribution in [2.75, 3.05) is 0 Å². The Morgan fingerprint density at radius 1 is 1.06 bits per heavy atom. The van der Waals surface area contributed by atoms with E-state index in [2.05, 4.69) is 10.3 Å². The number of carbonyl (C=O) groups is 1. The second kappa shape index (κ2) is 9.61. The first-order valence-electron chi connectivity index (χ1n) is 10.8. The van der Waals surface area contributed by atoms with Gasteiger partial charge >= 0.3 is 0 Å². The minimum atomic E-state index is -3.86. The summed E-state index contributed by atoms with van der Waals surface area (Å²) in [5.41, 5.74) is 4.29. The highest BCUT2D eigenvalue weighted by Crippen LogP contribution is 2.31. The number of amides is 1. The van der Waals surface area contributed by atoms with E-state index in [0.29, 0.717) is 23.2 Å². The van der Waals surface area contributed by atoms with Gasteiger partial charge in [0.2, 0.25) is 0 Å². The largest absolute Gasteiger partial charge is 0.348 e. The van der Waals surface area contributed by atoms with E-state index in [1.165, 1.54) is 40.5 Å². The molecule has 0 aliphatic carbocycles. The molecule has 0 radical (unpaired) electrons. The highest BCUT2D eigenvalue weighted by molar-refractivity contribution is 7.90. The van der Waals surface area contributed by atoms with Crippen LogP contribution in [0.15, 0.2) is 84.1 Å². The van der Waals surface area contributed by atoms with E-state index in [-0.39, 0.29) is 11.4 Å². The van der Waals surface area contributed by atoms with E-state index in [0.717, 1.165) is 22.9 Å². The lowest BCUT2D eigenvalue weighted by Crippen LogP contribution is -2.23. The second-order valence-electron chi connectivity index (χ2n) is 7.85.